The molecular weight excluding hydrogens is 428 g/mol. The highest BCUT2D eigenvalue weighted by atomic mass is 16.6. The van der Waals surface area contributed by atoms with E-state index < -0.39 is 29.3 Å². The van der Waals surface area contributed by atoms with Crippen LogP contribution in [0.5, 0.6) is 0 Å². The van der Waals surface area contributed by atoms with E-state index in [4.69, 9.17) is 19.7 Å². The number of rotatable bonds is 8. The van der Waals surface area contributed by atoms with Gasteiger partial charge in [-0.05, 0) is 25.7 Å². The summed E-state index contributed by atoms with van der Waals surface area (Å²) in [5.41, 5.74) is 3.68. The second kappa shape index (κ2) is 9.79. The van der Waals surface area contributed by atoms with Crippen molar-refractivity contribution in [2.45, 2.75) is 70.3 Å². The van der Waals surface area contributed by atoms with E-state index >= 15 is 0 Å². The number of amides is 2. The van der Waals surface area contributed by atoms with Crippen molar-refractivity contribution in [3.05, 3.63) is 11.7 Å². The van der Waals surface area contributed by atoms with Crippen LogP contribution in [0.25, 0.3) is 0 Å². The molecule has 3 aliphatic rings. The summed E-state index contributed by atoms with van der Waals surface area (Å²) in [6, 6.07) is 0. The molecule has 4 rings (SSSR count). The summed E-state index contributed by atoms with van der Waals surface area (Å²) in [6.45, 7) is 5.17. The summed E-state index contributed by atoms with van der Waals surface area (Å²) < 4.78 is 16.4. The van der Waals surface area contributed by atoms with E-state index in [0.29, 0.717) is 32.1 Å². The van der Waals surface area contributed by atoms with Crippen LogP contribution in [0.4, 0.5) is 4.79 Å². The Balaban J connectivity index is 1.74. The third-order valence-electron chi connectivity index (χ3n) is 7.57. The smallest absolute Gasteiger partial charge is 0.405 e. The van der Waals surface area contributed by atoms with Gasteiger partial charge in [0.25, 0.3) is 11.7 Å². The minimum Gasteiger partial charge on any atom is -0.433 e. The van der Waals surface area contributed by atoms with Crippen molar-refractivity contribution >= 4 is 17.8 Å². The number of Topliss-reactive ketones (excluding diaryl/α,β-unsaturated/α-hetero) is 1. The van der Waals surface area contributed by atoms with Crippen LogP contribution in [-0.2, 0) is 14.3 Å². The van der Waals surface area contributed by atoms with Crippen LogP contribution in [0, 0.1) is 17.8 Å². The normalized spacial score (nSPS) is 23.4. The highest BCUT2D eigenvalue weighted by molar-refractivity contribution is 6.03. The zero-order valence-corrected chi connectivity index (χ0v) is 19.5. The zero-order chi connectivity index (χ0) is 23.6. The van der Waals surface area contributed by atoms with Crippen molar-refractivity contribution in [1.29, 1.82) is 0 Å². The van der Waals surface area contributed by atoms with Crippen LogP contribution in [0.1, 0.15) is 81.2 Å². The van der Waals surface area contributed by atoms with Crippen molar-refractivity contribution in [3.63, 3.8) is 0 Å². The first-order valence-corrected chi connectivity index (χ1v) is 12.1. The fourth-order valence-corrected chi connectivity index (χ4v) is 5.42. The predicted molar refractivity (Wildman–Crippen MR) is 116 cm³/mol. The SMILES string of the molecule is CC(C(=O)N1CCOCC1)C(OC(N)=O)(C(=O)c1nc(C2CC2)no1)C(C)C1CCCCC1. The molecule has 0 radical (unpaired) electrons. The molecule has 2 N–H and O–H groups in total. The molecule has 0 spiro atoms. The number of aromatic nitrogens is 2. The van der Waals surface area contributed by atoms with Crippen LogP contribution in [0.2, 0.25) is 0 Å². The fourth-order valence-electron chi connectivity index (χ4n) is 5.42. The first-order chi connectivity index (χ1) is 15.8. The highest BCUT2D eigenvalue weighted by Crippen LogP contribution is 2.44. The van der Waals surface area contributed by atoms with Gasteiger partial charge in [-0.3, -0.25) is 9.59 Å². The second-order valence-electron chi connectivity index (χ2n) is 9.62. The van der Waals surface area contributed by atoms with E-state index in [9.17, 15) is 14.4 Å². The van der Waals surface area contributed by atoms with Crippen LogP contribution >= 0.6 is 0 Å². The molecule has 2 heterocycles. The third-order valence-corrected chi connectivity index (χ3v) is 7.57. The van der Waals surface area contributed by atoms with Gasteiger partial charge >= 0.3 is 6.09 Å². The summed E-state index contributed by atoms with van der Waals surface area (Å²) in [7, 11) is 0. The molecule has 10 heteroatoms. The standard InChI is InChI=1S/C23H34N4O6/c1-14(16-6-4-3-5-7-16)23(32-22(24)30,15(2)21(29)27-10-12-31-13-11-27)18(28)20-25-19(26-33-20)17-8-9-17/h14-17H,3-13H2,1-2H3,(H2,24,30). The zero-order valence-electron chi connectivity index (χ0n) is 19.5. The molecule has 2 saturated carbocycles. The number of primary amides is 1. The first-order valence-electron chi connectivity index (χ1n) is 12.1. The third kappa shape index (κ3) is 4.76. The summed E-state index contributed by atoms with van der Waals surface area (Å²) in [5, 5.41) is 3.97. The van der Waals surface area contributed by atoms with Gasteiger partial charge in [0.15, 0.2) is 11.4 Å². The summed E-state index contributed by atoms with van der Waals surface area (Å²) >= 11 is 0. The maximum Gasteiger partial charge on any atom is 0.405 e. The maximum atomic E-state index is 14.0. The molecule has 1 aromatic rings. The minimum atomic E-state index is -1.84. The topological polar surface area (TPSA) is 138 Å². The first kappa shape index (κ1) is 23.7. The lowest BCUT2D eigenvalue weighted by Crippen LogP contribution is -2.61. The highest BCUT2D eigenvalue weighted by Gasteiger charge is 2.58. The number of carbonyl (C=O) groups excluding carboxylic acids is 3. The fraction of sp³-hybridized carbons (Fsp3) is 0.783. The number of hydrogen-bond acceptors (Lipinski definition) is 8. The quantitative estimate of drug-likeness (QED) is 0.582. The van der Waals surface area contributed by atoms with E-state index in [1.54, 1.807) is 11.8 Å². The average molecular weight is 463 g/mol. The van der Waals surface area contributed by atoms with Gasteiger partial charge in [0.05, 0.1) is 19.1 Å². The summed E-state index contributed by atoms with van der Waals surface area (Å²) in [4.78, 5) is 45.8. The number of hydrogen-bond donors (Lipinski definition) is 1. The van der Waals surface area contributed by atoms with Crippen molar-refractivity contribution in [1.82, 2.24) is 15.0 Å². The second-order valence-corrected chi connectivity index (χ2v) is 9.62. The molecule has 33 heavy (non-hydrogen) atoms. The Morgan fingerprint density at radius 3 is 2.36 bits per heavy atom. The molecule has 2 aliphatic carbocycles. The van der Waals surface area contributed by atoms with E-state index in [1.807, 2.05) is 6.92 Å². The number of ketones is 1. The predicted octanol–water partition coefficient (Wildman–Crippen LogP) is 2.68. The Morgan fingerprint density at radius 1 is 1.09 bits per heavy atom. The van der Waals surface area contributed by atoms with Gasteiger partial charge < -0.3 is 24.6 Å². The molecule has 3 unspecified atom stereocenters. The van der Waals surface area contributed by atoms with Gasteiger partial charge in [0.2, 0.25) is 5.91 Å². The largest absolute Gasteiger partial charge is 0.433 e. The molecule has 1 aromatic heterocycles. The lowest BCUT2D eigenvalue weighted by atomic mass is 9.66. The molecule has 0 bridgehead atoms. The van der Waals surface area contributed by atoms with Crippen LogP contribution < -0.4 is 5.73 Å². The van der Waals surface area contributed by atoms with Crippen molar-refractivity contribution < 1.29 is 28.4 Å². The Hall–Kier alpha value is -2.49. The van der Waals surface area contributed by atoms with Crippen molar-refractivity contribution in [2.75, 3.05) is 26.3 Å². The van der Waals surface area contributed by atoms with Gasteiger partial charge in [-0.2, -0.15) is 4.98 Å². The molecule has 0 aromatic carbocycles. The summed E-state index contributed by atoms with van der Waals surface area (Å²) in [5.74, 6) is -1.85. The molecule has 3 atom stereocenters. The molecule has 182 valence electrons. The maximum absolute atomic E-state index is 14.0. The van der Waals surface area contributed by atoms with E-state index in [0.717, 1.165) is 44.9 Å². The van der Waals surface area contributed by atoms with E-state index in [1.165, 1.54) is 0 Å². The van der Waals surface area contributed by atoms with Gasteiger partial charge in [-0.25, -0.2) is 4.79 Å². The Labute approximate surface area is 193 Å². The number of nitrogens with two attached hydrogens (primary N) is 1. The number of nitrogens with zero attached hydrogens (tertiary/aromatic N) is 3. The average Bonchev–Trinajstić information content (AvgIpc) is 3.58. The molecule has 3 fully saturated rings. The Morgan fingerprint density at radius 2 is 1.76 bits per heavy atom. The van der Waals surface area contributed by atoms with Gasteiger partial charge in [0, 0.05) is 24.9 Å². The van der Waals surface area contributed by atoms with Crippen molar-refractivity contribution in [2.24, 2.45) is 23.5 Å². The van der Waals surface area contributed by atoms with Gasteiger partial charge in [0.1, 0.15) is 0 Å². The molecule has 10 nitrogen and oxygen atoms in total. The number of morpholine rings is 1. The van der Waals surface area contributed by atoms with Crippen LogP contribution in [0.3, 0.4) is 0 Å². The lowest BCUT2D eigenvalue weighted by Gasteiger charge is -2.45. The van der Waals surface area contributed by atoms with Crippen LogP contribution in [-0.4, -0.2) is 64.7 Å². The Bertz CT molecular complexity index is 872. The monoisotopic (exact) mass is 462 g/mol. The molecule has 1 aliphatic heterocycles. The van der Waals surface area contributed by atoms with E-state index in [2.05, 4.69) is 10.1 Å². The van der Waals surface area contributed by atoms with E-state index in [-0.39, 0.29) is 23.6 Å². The van der Waals surface area contributed by atoms with Gasteiger partial charge in [-0.1, -0.05) is 44.2 Å². The minimum absolute atomic E-state index is 0.0906. The Kier molecular flexibility index (Phi) is 7.02. The van der Waals surface area contributed by atoms with Crippen molar-refractivity contribution in [3.8, 4) is 0 Å². The lowest BCUT2D eigenvalue weighted by molar-refractivity contribution is -0.150. The van der Waals surface area contributed by atoms with Gasteiger partial charge in [-0.15, -0.1) is 0 Å². The van der Waals surface area contributed by atoms with Crippen LogP contribution in [0.15, 0.2) is 4.52 Å². The molecule has 2 amide bonds. The molecular formula is C23H34N4O6. The number of carbonyl (C=O) groups is 3. The summed E-state index contributed by atoms with van der Waals surface area (Å²) in [6.07, 6.45) is 5.72. The molecule has 1 saturated heterocycles. The number of ether oxygens (including phenoxy) is 2.